The van der Waals surface area contributed by atoms with Gasteiger partial charge < -0.3 is 15.2 Å². The normalized spacial score (nSPS) is 12.6. The van der Waals surface area contributed by atoms with Crippen LogP contribution in [0.5, 0.6) is 5.75 Å². The number of aliphatic hydroxyl groups is 1. The SMILES string of the molecule is CNCCC(O)c1cc(Cl)c(OC)cc1C. The molecule has 1 rings (SSSR count). The highest BCUT2D eigenvalue weighted by Gasteiger charge is 2.13. The third-order valence-electron chi connectivity index (χ3n) is 2.57. The fraction of sp³-hybridized carbons (Fsp3) is 0.500. The summed E-state index contributed by atoms with van der Waals surface area (Å²) >= 11 is 6.03. The Labute approximate surface area is 101 Å². The number of nitrogens with one attached hydrogen (secondary N) is 1. The van der Waals surface area contributed by atoms with E-state index in [1.54, 1.807) is 13.2 Å². The van der Waals surface area contributed by atoms with Crippen LogP contribution in [0.2, 0.25) is 5.02 Å². The number of hydrogen-bond acceptors (Lipinski definition) is 3. The zero-order valence-electron chi connectivity index (χ0n) is 9.88. The highest BCUT2D eigenvalue weighted by molar-refractivity contribution is 6.32. The molecule has 90 valence electrons. The molecule has 0 heterocycles. The third-order valence-corrected chi connectivity index (χ3v) is 2.86. The summed E-state index contributed by atoms with van der Waals surface area (Å²) in [6, 6.07) is 3.62. The molecule has 1 aromatic rings. The molecule has 0 radical (unpaired) electrons. The predicted molar refractivity (Wildman–Crippen MR) is 66.2 cm³/mol. The molecule has 0 aliphatic carbocycles. The smallest absolute Gasteiger partial charge is 0.137 e. The van der Waals surface area contributed by atoms with Crippen molar-refractivity contribution in [2.75, 3.05) is 20.7 Å². The molecule has 2 N–H and O–H groups in total. The van der Waals surface area contributed by atoms with E-state index >= 15 is 0 Å². The van der Waals surface area contributed by atoms with Crippen LogP contribution in [0.15, 0.2) is 12.1 Å². The van der Waals surface area contributed by atoms with E-state index in [2.05, 4.69) is 5.32 Å². The first-order chi connectivity index (χ1) is 7.60. The van der Waals surface area contributed by atoms with E-state index in [0.29, 0.717) is 17.2 Å². The van der Waals surface area contributed by atoms with Gasteiger partial charge in [-0.15, -0.1) is 0 Å². The van der Waals surface area contributed by atoms with Gasteiger partial charge >= 0.3 is 0 Å². The summed E-state index contributed by atoms with van der Waals surface area (Å²) in [5.74, 6) is 0.642. The van der Waals surface area contributed by atoms with E-state index in [4.69, 9.17) is 16.3 Å². The highest BCUT2D eigenvalue weighted by atomic mass is 35.5. The van der Waals surface area contributed by atoms with Crippen molar-refractivity contribution < 1.29 is 9.84 Å². The molecule has 16 heavy (non-hydrogen) atoms. The molecule has 0 aliphatic heterocycles. The first-order valence-electron chi connectivity index (χ1n) is 5.26. The van der Waals surface area contributed by atoms with Gasteiger partial charge in [-0.3, -0.25) is 0 Å². The van der Waals surface area contributed by atoms with Crippen molar-refractivity contribution in [3.63, 3.8) is 0 Å². The summed E-state index contributed by atoms with van der Waals surface area (Å²) in [6.45, 7) is 2.71. The van der Waals surface area contributed by atoms with Crippen molar-refractivity contribution in [3.05, 3.63) is 28.3 Å². The molecule has 3 nitrogen and oxygen atoms in total. The van der Waals surface area contributed by atoms with Crippen LogP contribution in [-0.2, 0) is 0 Å². The molecule has 0 amide bonds. The quantitative estimate of drug-likeness (QED) is 0.834. The number of aliphatic hydroxyl groups excluding tert-OH is 1. The number of aryl methyl sites for hydroxylation is 1. The molecule has 0 aromatic heterocycles. The molecule has 0 aliphatic rings. The van der Waals surface area contributed by atoms with E-state index in [9.17, 15) is 5.11 Å². The summed E-state index contributed by atoms with van der Waals surface area (Å²) in [5.41, 5.74) is 1.85. The minimum absolute atomic E-state index is 0.490. The number of rotatable bonds is 5. The molecular formula is C12H18ClNO2. The second kappa shape index (κ2) is 6.09. The van der Waals surface area contributed by atoms with E-state index in [-0.39, 0.29) is 0 Å². The van der Waals surface area contributed by atoms with Gasteiger partial charge in [-0.05, 0) is 50.2 Å². The molecule has 0 saturated carbocycles. The van der Waals surface area contributed by atoms with Gasteiger partial charge in [0.05, 0.1) is 18.2 Å². The molecule has 0 spiro atoms. The van der Waals surface area contributed by atoms with Crippen LogP contribution < -0.4 is 10.1 Å². The molecule has 0 saturated heterocycles. The van der Waals surface area contributed by atoms with Crippen LogP contribution >= 0.6 is 11.6 Å². The fourth-order valence-corrected chi connectivity index (χ4v) is 1.87. The predicted octanol–water partition coefficient (Wildman–Crippen LogP) is 2.30. The van der Waals surface area contributed by atoms with Crippen LogP contribution in [0.4, 0.5) is 0 Å². The standard InChI is InChI=1S/C12H18ClNO2/c1-8-6-12(16-3)10(13)7-9(8)11(15)4-5-14-2/h6-7,11,14-15H,4-5H2,1-3H3. The van der Waals surface area contributed by atoms with Gasteiger partial charge in [0.25, 0.3) is 0 Å². The lowest BCUT2D eigenvalue weighted by Crippen LogP contribution is -2.12. The molecule has 0 fully saturated rings. The van der Waals surface area contributed by atoms with Gasteiger partial charge in [0.2, 0.25) is 0 Å². The lowest BCUT2D eigenvalue weighted by atomic mass is 10.0. The molecule has 1 unspecified atom stereocenters. The minimum Gasteiger partial charge on any atom is -0.495 e. The van der Waals surface area contributed by atoms with Crippen molar-refractivity contribution in [3.8, 4) is 5.75 Å². The Kier molecular flexibility index (Phi) is 5.06. The van der Waals surface area contributed by atoms with Crippen LogP contribution in [0.25, 0.3) is 0 Å². The Morgan fingerprint density at radius 3 is 2.75 bits per heavy atom. The van der Waals surface area contributed by atoms with Gasteiger partial charge in [0.15, 0.2) is 0 Å². The number of hydrogen-bond donors (Lipinski definition) is 2. The van der Waals surface area contributed by atoms with E-state index in [1.165, 1.54) is 0 Å². The molecular weight excluding hydrogens is 226 g/mol. The topological polar surface area (TPSA) is 41.5 Å². The maximum Gasteiger partial charge on any atom is 0.137 e. The van der Waals surface area contributed by atoms with Gasteiger partial charge in [0, 0.05) is 0 Å². The average Bonchev–Trinajstić information content (AvgIpc) is 2.28. The van der Waals surface area contributed by atoms with Gasteiger partial charge in [-0.1, -0.05) is 11.6 Å². The third kappa shape index (κ3) is 3.11. The maximum absolute atomic E-state index is 9.98. The molecule has 4 heteroatoms. The van der Waals surface area contributed by atoms with E-state index in [1.807, 2.05) is 20.0 Å². The second-order valence-electron chi connectivity index (χ2n) is 3.75. The summed E-state index contributed by atoms with van der Waals surface area (Å²) < 4.78 is 5.12. The Hall–Kier alpha value is -0.770. The Morgan fingerprint density at radius 1 is 1.50 bits per heavy atom. The Bertz CT molecular complexity index is 355. The summed E-state index contributed by atoms with van der Waals surface area (Å²) in [6.07, 6.45) is 0.177. The Morgan fingerprint density at radius 2 is 2.19 bits per heavy atom. The fourth-order valence-electron chi connectivity index (χ4n) is 1.62. The van der Waals surface area contributed by atoms with Gasteiger partial charge in [0.1, 0.15) is 5.75 Å². The first-order valence-corrected chi connectivity index (χ1v) is 5.64. The highest BCUT2D eigenvalue weighted by Crippen LogP contribution is 2.31. The van der Waals surface area contributed by atoms with Gasteiger partial charge in [-0.25, -0.2) is 0 Å². The average molecular weight is 244 g/mol. The zero-order valence-corrected chi connectivity index (χ0v) is 10.6. The second-order valence-corrected chi connectivity index (χ2v) is 4.16. The lowest BCUT2D eigenvalue weighted by Gasteiger charge is -2.15. The number of methoxy groups -OCH3 is 1. The van der Waals surface area contributed by atoms with Crippen molar-refractivity contribution in [2.45, 2.75) is 19.4 Å². The number of ether oxygens (including phenoxy) is 1. The van der Waals surface area contributed by atoms with Crippen molar-refractivity contribution in [1.29, 1.82) is 0 Å². The number of benzene rings is 1. The molecule has 0 bridgehead atoms. The summed E-state index contributed by atoms with van der Waals surface area (Å²) in [5, 5.41) is 13.5. The minimum atomic E-state index is -0.490. The van der Waals surface area contributed by atoms with Crippen molar-refractivity contribution >= 4 is 11.6 Å². The van der Waals surface area contributed by atoms with Crippen LogP contribution in [-0.4, -0.2) is 25.8 Å². The maximum atomic E-state index is 9.98. The lowest BCUT2D eigenvalue weighted by molar-refractivity contribution is 0.167. The van der Waals surface area contributed by atoms with Crippen molar-refractivity contribution in [1.82, 2.24) is 5.32 Å². The van der Waals surface area contributed by atoms with Gasteiger partial charge in [-0.2, -0.15) is 0 Å². The monoisotopic (exact) mass is 243 g/mol. The zero-order chi connectivity index (χ0) is 12.1. The van der Waals surface area contributed by atoms with Crippen LogP contribution in [0.1, 0.15) is 23.7 Å². The first kappa shape index (κ1) is 13.3. The van der Waals surface area contributed by atoms with Crippen LogP contribution in [0, 0.1) is 6.92 Å². The Balaban J connectivity index is 2.92. The van der Waals surface area contributed by atoms with Crippen LogP contribution in [0.3, 0.4) is 0 Å². The van der Waals surface area contributed by atoms with Crippen molar-refractivity contribution in [2.24, 2.45) is 0 Å². The molecule has 1 aromatic carbocycles. The summed E-state index contributed by atoms with van der Waals surface area (Å²) in [4.78, 5) is 0. The molecule has 1 atom stereocenters. The van der Waals surface area contributed by atoms with E-state index < -0.39 is 6.10 Å². The summed E-state index contributed by atoms with van der Waals surface area (Å²) in [7, 11) is 3.44. The van der Waals surface area contributed by atoms with E-state index in [0.717, 1.165) is 17.7 Å². The largest absolute Gasteiger partial charge is 0.495 e. The number of halogens is 1.